The minimum absolute atomic E-state index is 0. The highest BCUT2D eigenvalue weighted by atomic mass is 35.5. The number of hydrogen-bond donors (Lipinski definition) is 2. The molecule has 6 nitrogen and oxygen atoms in total. The number of rotatable bonds is 4. The van der Waals surface area contributed by atoms with Gasteiger partial charge in [0.2, 0.25) is 10.0 Å². The Balaban J connectivity index is 0.00000264. The molecule has 2 unspecified atom stereocenters. The fourth-order valence-corrected chi connectivity index (χ4v) is 4.16. The number of carbonyl (C=O) groups excluding carboxylic acids is 1. The van der Waals surface area contributed by atoms with Crippen molar-refractivity contribution in [1.29, 1.82) is 0 Å². The van der Waals surface area contributed by atoms with Gasteiger partial charge in [0.05, 0.1) is 17.6 Å². The fraction of sp³-hybridized carbons (Fsp3) is 0.500. The van der Waals surface area contributed by atoms with Gasteiger partial charge in [-0.1, -0.05) is 11.6 Å². The van der Waals surface area contributed by atoms with Crippen LogP contribution in [0.15, 0.2) is 23.1 Å². The predicted molar refractivity (Wildman–Crippen MR) is 90.8 cm³/mol. The van der Waals surface area contributed by atoms with E-state index in [0.717, 1.165) is 6.54 Å². The molecular weight excluding hydrogens is 363 g/mol. The van der Waals surface area contributed by atoms with Crippen LogP contribution in [0.3, 0.4) is 0 Å². The van der Waals surface area contributed by atoms with Crippen molar-refractivity contribution in [3.8, 4) is 0 Å². The molecule has 0 aliphatic carbocycles. The number of hydrogen-bond acceptors (Lipinski definition) is 5. The summed E-state index contributed by atoms with van der Waals surface area (Å²) in [6.07, 6.45) is 1.39. The second-order valence-corrected chi connectivity index (χ2v) is 7.45. The lowest BCUT2D eigenvalue weighted by atomic mass is 10.0. The first-order chi connectivity index (χ1) is 10.3. The Bertz CT molecular complexity index is 667. The molecule has 0 bridgehead atoms. The van der Waals surface area contributed by atoms with Crippen molar-refractivity contribution >= 4 is 40.0 Å². The normalized spacial score (nSPS) is 21.3. The first-order valence-corrected chi connectivity index (χ1v) is 8.83. The van der Waals surface area contributed by atoms with Crippen LogP contribution < -0.4 is 10.0 Å². The summed E-state index contributed by atoms with van der Waals surface area (Å²) in [4.78, 5) is 11.7. The number of benzene rings is 1. The number of halogens is 2. The average Bonchev–Trinajstić information content (AvgIpc) is 2.45. The zero-order valence-corrected chi connectivity index (χ0v) is 15.2. The molecular formula is C14H20Cl2N2O4S. The van der Waals surface area contributed by atoms with Gasteiger partial charge in [0.1, 0.15) is 0 Å². The second-order valence-electron chi connectivity index (χ2n) is 5.33. The smallest absolute Gasteiger partial charge is 0.339 e. The molecule has 1 heterocycles. The van der Waals surface area contributed by atoms with E-state index in [1.165, 1.54) is 25.3 Å². The van der Waals surface area contributed by atoms with Crippen molar-refractivity contribution in [3.05, 3.63) is 28.8 Å². The predicted octanol–water partition coefficient (Wildman–Crippen LogP) is 1.97. The van der Waals surface area contributed by atoms with Crippen LogP contribution in [0.25, 0.3) is 0 Å². The van der Waals surface area contributed by atoms with Crippen LogP contribution in [0.5, 0.6) is 0 Å². The summed E-state index contributed by atoms with van der Waals surface area (Å²) in [5.74, 6) is -0.735. The van der Waals surface area contributed by atoms with Crippen LogP contribution in [0.1, 0.15) is 30.1 Å². The number of piperidine rings is 1. The van der Waals surface area contributed by atoms with Gasteiger partial charge in [0, 0.05) is 17.1 Å². The van der Waals surface area contributed by atoms with E-state index in [1.54, 1.807) is 0 Å². The van der Waals surface area contributed by atoms with E-state index in [0.29, 0.717) is 12.8 Å². The van der Waals surface area contributed by atoms with Crippen molar-refractivity contribution in [1.82, 2.24) is 10.0 Å². The van der Waals surface area contributed by atoms with Crippen LogP contribution in [0.4, 0.5) is 0 Å². The molecule has 130 valence electrons. The quantitative estimate of drug-likeness (QED) is 0.777. The minimum atomic E-state index is -3.82. The van der Waals surface area contributed by atoms with E-state index < -0.39 is 16.0 Å². The molecule has 2 atom stereocenters. The number of ether oxygens (including phenoxy) is 1. The molecule has 1 aromatic rings. The Hall–Kier alpha value is -0.860. The molecule has 1 aliphatic heterocycles. The Morgan fingerprint density at radius 3 is 2.74 bits per heavy atom. The van der Waals surface area contributed by atoms with Gasteiger partial charge in [0.15, 0.2) is 0 Å². The number of nitrogens with one attached hydrogen (secondary N) is 2. The van der Waals surface area contributed by atoms with Gasteiger partial charge in [-0.2, -0.15) is 0 Å². The summed E-state index contributed by atoms with van der Waals surface area (Å²) >= 11 is 5.85. The van der Waals surface area contributed by atoms with Crippen molar-refractivity contribution < 1.29 is 17.9 Å². The zero-order chi connectivity index (χ0) is 16.3. The lowest BCUT2D eigenvalue weighted by Gasteiger charge is -2.28. The molecule has 23 heavy (non-hydrogen) atoms. The van der Waals surface area contributed by atoms with E-state index in [9.17, 15) is 13.2 Å². The Labute approximate surface area is 147 Å². The molecule has 0 radical (unpaired) electrons. The van der Waals surface area contributed by atoms with Crippen LogP contribution in [0.2, 0.25) is 5.02 Å². The molecule has 0 spiro atoms. The molecule has 9 heteroatoms. The van der Waals surface area contributed by atoms with E-state index in [2.05, 4.69) is 14.8 Å². The highest BCUT2D eigenvalue weighted by molar-refractivity contribution is 7.89. The van der Waals surface area contributed by atoms with Crippen molar-refractivity contribution in [3.63, 3.8) is 0 Å². The van der Waals surface area contributed by atoms with Crippen LogP contribution in [0, 0.1) is 0 Å². The molecule has 0 aromatic heterocycles. The summed E-state index contributed by atoms with van der Waals surface area (Å²) in [5.41, 5.74) is -0.0653. The van der Waals surface area contributed by atoms with Gasteiger partial charge in [-0.25, -0.2) is 17.9 Å². The third-order valence-electron chi connectivity index (χ3n) is 3.58. The molecule has 0 amide bonds. The maximum atomic E-state index is 12.6. The highest BCUT2D eigenvalue weighted by Crippen LogP contribution is 2.22. The van der Waals surface area contributed by atoms with Crippen LogP contribution in [-0.2, 0) is 14.8 Å². The minimum Gasteiger partial charge on any atom is -0.465 e. The molecule has 1 saturated heterocycles. The SMILES string of the molecule is COC(=O)c1cc(Cl)ccc1S(=O)(=O)NC1CCNC(C)C1.Cl. The van der Waals surface area contributed by atoms with Crippen LogP contribution >= 0.6 is 24.0 Å². The largest absolute Gasteiger partial charge is 0.465 e. The van der Waals surface area contributed by atoms with Crippen molar-refractivity contribution in [2.75, 3.05) is 13.7 Å². The number of sulfonamides is 1. The lowest BCUT2D eigenvalue weighted by Crippen LogP contribution is -2.46. The van der Waals surface area contributed by atoms with Gasteiger partial charge >= 0.3 is 5.97 Å². The summed E-state index contributed by atoms with van der Waals surface area (Å²) < 4.78 is 32.5. The van der Waals surface area contributed by atoms with Gasteiger partial charge in [-0.3, -0.25) is 0 Å². The third kappa shape index (κ3) is 5.06. The van der Waals surface area contributed by atoms with Gasteiger partial charge in [0.25, 0.3) is 0 Å². The van der Waals surface area contributed by atoms with E-state index in [-0.39, 0.29) is 40.0 Å². The van der Waals surface area contributed by atoms with Gasteiger partial charge in [-0.05, 0) is 44.5 Å². The van der Waals surface area contributed by atoms with Crippen molar-refractivity contribution in [2.45, 2.75) is 36.7 Å². The number of methoxy groups -OCH3 is 1. The van der Waals surface area contributed by atoms with Crippen molar-refractivity contribution in [2.24, 2.45) is 0 Å². The summed E-state index contributed by atoms with van der Waals surface area (Å²) in [7, 11) is -2.63. The molecule has 1 fully saturated rings. The standard InChI is InChI=1S/C14H19ClN2O4S.ClH/c1-9-7-11(5-6-16-9)17-22(19,20)13-4-3-10(15)8-12(13)14(18)21-2;/h3-4,8-9,11,16-17H,5-7H2,1-2H3;1H. The Morgan fingerprint density at radius 2 is 2.13 bits per heavy atom. The topological polar surface area (TPSA) is 84.5 Å². The molecule has 1 aromatic carbocycles. The number of carbonyl (C=O) groups is 1. The lowest BCUT2D eigenvalue weighted by molar-refractivity contribution is 0.0596. The van der Waals surface area contributed by atoms with Gasteiger partial charge < -0.3 is 10.1 Å². The second kappa shape index (κ2) is 8.30. The summed E-state index contributed by atoms with van der Waals surface area (Å²) in [6.45, 7) is 2.75. The fourth-order valence-electron chi connectivity index (χ4n) is 2.53. The summed E-state index contributed by atoms with van der Waals surface area (Å²) in [5, 5.41) is 3.53. The van der Waals surface area contributed by atoms with Crippen LogP contribution in [-0.4, -0.2) is 40.1 Å². The molecule has 2 N–H and O–H groups in total. The molecule has 0 saturated carbocycles. The maximum absolute atomic E-state index is 12.6. The number of esters is 1. The summed E-state index contributed by atoms with van der Waals surface area (Å²) in [6, 6.07) is 4.14. The molecule has 1 aliphatic rings. The Kier molecular flexibility index (Phi) is 7.29. The Morgan fingerprint density at radius 1 is 1.43 bits per heavy atom. The van der Waals surface area contributed by atoms with E-state index >= 15 is 0 Å². The zero-order valence-electron chi connectivity index (χ0n) is 12.8. The van der Waals surface area contributed by atoms with Gasteiger partial charge in [-0.15, -0.1) is 12.4 Å². The molecule has 2 rings (SSSR count). The monoisotopic (exact) mass is 382 g/mol. The highest BCUT2D eigenvalue weighted by Gasteiger charge is 2.28. The first-order valence-electron chi connectivity index (χ1n) is 6.97. The first kappa shape index (κ1) is 20.2. The maximum Gasteiger partial charge on any atom is 0.339 e. The van der Waals surface area contributed by atoms with E-state index in [1.807, 2.05) is 6.92 Å². The van der Waals surface area contributed by atoms with E-state index in [4.69, 9.17) is 11.6 Å². The third-order valence-corrected chi connectivity index (χ3v) is 5.40. The average molecular weight is 383 g/mol.